The Kier molecular flexibility index (Phi) is 40.2. The van der Waals surface area contributed by atoms with Crippen LogP contribution < -0.4 is 20.4 Å². The molecule has 0 aliphatic rings. The normalized spacial score (nSPS) is 13.8. The van der Waals surface area contributed by atoms with Crippen molar-refractivity contribution in [3.8, 4) is 0 Å². The Balaban J connectivity index is -0.000000101. The van der Waals surface area contributed by atoms with Gasteiger partial charge in [-0.3, -0.25) is 20.0 Å². The summed E-state index contributed by atoms with van der Waals surface area (Å²) >= 11 is 0. The van der Waals surface area contributed by atoms with E-state index < -0.39 is 0 Å². The Hall–Kier alpha value is -1.91. The summed E-state index contributed by atoms with van der Waals surface area (Å²) in [7, 11) is 0. The van der Waals surface area contributed by atoms with Crippen LogP contribution >= 0.6 is 0 Å². The molecule has 0 aromatic carbocycles. The van der Waals surface area contributed by atoms with Crippen LogP contribution in [-0.2, 0) is 39.0 Å². The van der Waals surface area contributed by atoms with E-state index in [1.807, 2.05) is 83.1 Å². The van der Waals surface area contributed by atoms with E-state index in [0.717, 1.165) is 22.8 Å². The number of hydrogen-bond acceptors (Lipinski definition) is 8. The molecular formula is C32H56N4O4Zn2. The number of allylic oxidation sites excluding steroid dienone is 8. The maximum atomic E-state index is 10.5. The summed E-state index contributed by atoms with van der Waals surface area (Å²) in [6.45, 7) is 29.3. The zero-order chi connectivity index (χ0) is 32.6. The fourth-order valence-electron chi connectivity index (χ4n) is 2.95. The molecule has 0 heterocycles. The summed E-state index contributed by atoms with van der Waals surface area (Å²) in [6.07, 6.45) is 6.17. The molecule has 0 rings (SSSR count). The van der Waals surface area contributed by atoms with Crippen molar-refractivity contribution < 1.29 is 59.4 Å². The minimum atomic E-state index is 0. The molecule has 0 saturated carbocycles. The maximum Gasteiger partial charge on any atom is 2.00 e. The Morgan fingerprint density at radius 1 is 0.357 bits per heavy atom. The summed E-state index contributed by atoms with van der Waals surface area (Å²) in [6, 6.07) is 1.09. The Labute approximate surface area is 283 Å². The molecule has 0 spiro atoms. The Morgan fingerprint density at radius 2 is 0.476 bits per heavy atom. The molecule has 0 amide bonds. The standard InChI is InChI=1S/4C8H15NO.2Zn/c4*1-6(2)9-7(3)5-8(4)10;;/h4*5-6,10H,1-4H3;;/q;;;;2*+2/p-4/b4*8-5-,9-7?;;. The predicted octanol–water partition coefficient (Wildman–Crippen LogP) is 4.47. The van der Waals surface area contributed by atoms with Crippen LogP contribution in [0.15, 0.2) is 67.3 Å². The van der Waals surface area contributed by atoms with Crippen LogP contribution in [0.5, 0.6) is 0 Å². The van der Waals surface area contributed by atoms with E-state index in [4.69, 9.17) is 0 Å². The van der Waals surface area contributed by atoms with Gasteiger partial charge in [0.1, 0.15) is 0 Å². The monoisotopic (exact) mass is 688 g/mol. The smallest absolute Gasteiger partial charge is 0.876 e. The summed E-state index contributed by atoms with van der Waals surface area (Å²) in [5, 5.41) is 42.0. The van der Waals surface area contributed by atoms with Crippen LogP contribution in [0.4, 0.5) is 0 Å². The van der Waals surface area contributed by atoms with E-state index in [0.29, 0.717) is 0 Å². The van der Waals surface area contributed by atoms with Gasteiger partial charge < -0.3 is 20.4 Å². The minimum absolute atomic E-state index is 0. The molecule has 8 nitrogen and oxygen atoms in total. The van der Waals surface area contributed by atoms with Crippen LogP contribution in [0.2, 0.25) is 0 Å². The third-order valence-electron chi connectivity index (χ3n) is 3.50. The second-order valence-corrected chi connectivity index (χ2v) is 10.5. The van der Waals surface area contributed by atoms with E-state index >= 15 is 0 Å². The fourth-order valence-corrected chi connectivity index (χ4v) is 2.95. The third kappa shape index (κ3) is 57.9. The molecule has 42 heavy (non-hydrogen) atoms. The molecule has 0 N–H and O–H groups in total. The van der Waals surface area contributed by atoms with Crippen molar-refractivity contribution >= 4 is 22.8 Å². The van der Waals surface area contributed by atoms with E-state index in [9.17, 15) is 20.4 Å². The minimum Gasteiger partial charge on any atom is -0.876 e. The molecule has 0 atom stereocenters. The van der Waals surface area contributed by atoms with Crippen molar-refractivity contribution in [2.45, 2.75) is 135 Å². The average Bonchev–Trinajstić information content (AvgIpc) is 2.63. The number of rotatable bonds is 8. The zero-order valence-electron chi connectivity index (χ0n) is 29.5. The maximum absolute atomic E-state index is 10.5. The second-order valence-electron chi connectivity index (χ2n) is 10.5. The molecule has 0 aliphatic heterocycles. The first kappa shape index (κ1) is 52.7. The number of nitrogens with zero attached hydrogens (tertiary/aromatic N) is 4. The van der Waals surface area contributed by atoms with Crippen molar-refractivity contribution in [2.75, 3.05) is 0 Å². The topological polar surface area (TPSA) is 142 Å². The first-order valence-electron chi connectivity index (χ1n) is 13.7. The molecule has 0 saturated heterocycles. The number of aliphatic imine (C=N–C) groups is 4. The van der Waals surface area contributed by atoms with Crippen LogP contribution in [0.25, 0.3) is 0 Å². The first-order valence-corrected chi connectivity index (χ1v) is 13.7. The van der Waals surface area contributed by atoms with Gasteiger partial charge in [0.15, 0.2) is 0 Å². The average molecular weight is 692 g/mol. The van der Waals surface area contributed by atoms with Gasteiger partial charge in [-0.15, -0.1) is 23.0 Å². The van der Waals surface area contributed by atoms with Crippen LogP contribution in [-0.4, -0.2) is 47.0 Å². The van der Waals surface area contributed by atoms with Crippen LogP contribution in [0.1, 0.15) is 111 Å². The summed E-state index contributed by atoms with van der Waals surface area (Å²) in [5.41, 5.74) is 3.23. The largest absolute Gasteiger partial charge is 2.00 e. The van der Waals surface area contributed by atoms with Crippen LogP contribution in [0.3, 0.4) is 0 Å². The SMILES string of the molecule is CC(/C=C(/C)[O-])=NC(C)C.CC(/C=C(/C)[O-])=NC(C)C.CC(/C=C(/C)[O-])=NC(C)C.CC(/C=C(/C)[O-])=NC(C)C.[Zn+2].[Zn+2]. The van der Waals surface area contributed by atoms with Crippen molar-refractivity contribution in [2.24, 2.45) is 20.0 Å². The predicted molar refractivity (Wildman–Crippen MR) is 168 cm³/mol. The summed E-state index contributed by atoms with van der Waals surface area (Å²) < 4.78 is 0. The summed E-state index contributed by atoms with van der Waals surface area (Å²) in [5.74, 6) is 0.229. The van der Waals surface area contributed by atoms with Gasteiger partial charge in [-0.05, 0) is 83.1 Å². The molecular weight excluding hydrogens is 635 g/mol. The van der Waals surface area contributed by atoms with E-state index in [1.54, 1.807) is 24.3 Å². The molecule has 0 unspecified atom stereocenters. The molecule has 0 aliphatic carbocycles. The van der Waals surface area contributed by atoms with Crippen molar-refractivity contribution in [3.63, 3.8) is 0 Å². The van der Waals surface area contributed by atoms with Crippen molar-refractivity contribution in [3.05, 3.63) is 47.3 Å². The van der Waals surface area contributed by atoms with E-state index in [2.05, 4.69) is 20.0 Å². The Bertz CT molecular complexity index is 774. The van der Waals surface area contributed by atoms with Gasteiger partial charge >= 0.3 is 39.0 Å². The van der Waals surface area contributed by atoms with Gasteiger partial charge in [0.05, 0.1) is 0 Å². The fraction of sp³-hybridized carbons (Fsp3) is 0.625. The zero-order valence-corrected chi connectivity index (χ0v) is 35.4. The van der Waals surface area contributed by atoms with Gasteiger partial charge in [-0.1, -0.05) is 52.0 Å². The molecule has 0 aromatic heterocycles. The summed E-state index contributed by atoms with van der Waals surface area (Å²) in [4.78, 5) is 16.6. The second kappa shape index (κ2) is 32.0. The first-order chi connectivity index (χ1) is 18.1. The van der Waals surface area contributed by atoms with Crippen molar-refractivity contribution in [1.29, 1.82) is 0 Å². The molecule has 232 valence electrons. The molecule has 0 radical (unpaired) electrons. The van der Waals surface area contributed by atoms with E-state index in [1.165, 1.54) is 27.7 Å². The molecule has 0 aromatic rings. The van der Waals surface area contributed by atoms with Gasteiger partial charge in [0.2, 0.25) is 0 Å². The van der Waals surface area contributed by atoms with Gasteiger partial charge in [-0.2, -0.15) is 0 Å². The van der Waals surface area contributed by atoms with Gasteiger partial charge in [0, 0.05) is 47.0 Å². The molecule has 0 fully saturated rings. The van der Waals surface area contributed by atoms with Gasteiger partial charge in [-0.25, -0.2) is 0 Å². The Morgan fingerprint density at radius 3 is 0.548 bits per heavy atom. The molecule has 0 bridgehead atoms. The number of hydrogen-bond donors (Lipinski definition) is 0. The molecule has 10 heteroatoms. The quantitative estimate of drug-likeness (QED) is 0.210. The van der Waals surface area contributed by atoms with E-state index in [-0.39, 0.29) is 86.2 Å². The van der Waals surface area contributed by atoms with Crippen LogP contribution in [0, 0.1) is 0 Å². The van der Waals surface area contributed by atoms with Gasteiger partial charge in [0.25, 0.3) is 0 Å². The van der Waals surface area contributed by atoms with Crippen molar-refractivity contribution in [1.82, 2.24) is 0 Å². The third-order valence-corrected chi connectivity index (χ3v) is 3.50.